The van der Waals surface area contributed by atoms with Crippen molar-refractivity contribution in [1.82, 2.24) is 0 Å². The van der Waals surface area contributed by atoms with Crippen LogP contribution in [0.25, 0.3) is 0 Å². The van der Waals surface area contributed by atoms with Crippen LogP contribution in [0.1, 0.15) is 52.7 Å². The van der Waals surface area contributed by atoms with Crippen LogP contribution in [-0.2, 0) is 52.9 Å². The zero-order chi connectivity index (χ0) is 44.6. The molecule has 0 heterocycles. The highest BCUT2D eigenvalue weighted by atomic mass is 32.2. The minimum atomic E-state index is -6.96. The van der Waals surface area contributed by atoms with Gasteiger partial charge in [-0.15, -0.1) is 0 Å². The fourth-order valence-electron chi connectivity index (χ4n) is 5.52. The molecule has 6 aromatic carbocycles. The molecule has 0 saturated heterocycles. The molecule has 6 nitrogen and oxygen atoms in total. The molecule has 6 aromatic rings. The van der Waals surface area contributed by atoms with Crippen molar-refractivity contribution in [2.24, 2.45) is 0 Å². The number of halogens is 4. The van der Waals surface area contributed by atoms with Crippen LogP contribution in [0.3, 0.4) is 0 Å². The quantitative estimate of drug-likeness (QED) is 0.0811. The Morgan fingerprint density at radius 2 is 0.533 bits per heavy atom. The van der Waals surface area contributed by atoms with Crippen LogP contribution < -0.4 is 0 Å². The molecular weight excluding hydrogens is 853 g/mol. The monoisotopic (exact) mass is 898 g/mol. The van der Waals surface area contributed by atoms with Crippen molar-refractivity contribution in [3.05, 3.63) is 181 Å². The Kier molecular flexibility index (Phi) is 15.7. The van der Waals surface area contributed by atoms with Gasteiger partial charge < -0.3 is 9.11 Å². The van der Waals surface area contributed by atoms with E-state index >= 15 is 0 Å². The summed E-state index contributed by atoms with van der Waals surface area (Å²) < 4.78 is 105. The van der Waals surface area contributed by atoms with Crippen molar-refractivity contribution in [2.45, 2.75) is 92.3 Å². The van der Waals surface area contributed by atoms with Crippen molar-refractivity contribution in [2.75, 3.05) is 0 Å². The van der Waals surface area contributed by atoms with E-state index in [2.05, 4.69) is 211 Å². The molecule has 0 unspecified atom stereocenters. The minimum Gasteiger partial charge on any atom is -0.743 e. The number of alkyl halides is 4. The second-order valence-electron chi connectivity index (χ2n) is 15.4. The molecular formula is C46H46F4O6S4. The lowest BCUT2D eigenvalue weighted by Gasteiger charge is -2.29. The molecule has 0 saturated carbocycles. The maximum Gasteiger partial charge on any atom is 0.409 e. The summed E-state index contributed by atoms with van der Waals surface area (Å²) in [5.74, 6) is 0. The zero-order valence-corrected chi connectivity index (χ0v) is 37.0. The van der Waals surface area contributed by atoms with E-state index in [0.717, 1.165) is 0 Å². The van der Waals surface area contributed by atoms with E-state index in [1.54, 1.807) is 0 Å². The lowest BCUT2D eigenvalue weighted by molar-refractivity contribution is -0.106. The van der Waals surface area contributed by atoms with Crippen LogP contribution in [0.15, 0.2) is 199 Å². The van der Waals surface area contributed by atoms with E-state index in [9.17, 15) is 43.5 Å². The Hall–Kier alpha value is -4.44. The van der Waals surface area contributed by atoms with E-state index in [-0.39, 0.29) is 32.6 Å². The average Bonchev–Trinajstić information content (AvgIpc) is 3.19. The molecule has 0 aliphatic carbocycles. The van der Waals surface area contributed by atoms with Crippen LogP contribution in [0.5, 0.6) is 0 Å². The number of benzene rings is 6. The van der Waals surface area contributed by atoms with Gasteiger partial charge in [-0.2, -0.15) is 17.6 Å². The van der Waals surface area contributed by atoms with Crippen LogP contribution in [0.2, 0.25) is 0 Å². The molecule has 0 bridgehead atoms. The molecule has 0 fully saturated rings. The van der Waals surface area contributed by atoms with Gasteiger partial charge in [0.25, 0.3) is 0 Å². The topological polar surface area (TPSA) is 114 Å². The Balaban J connectivity index is 0.000000206. The van der Waals surface area contributed by atoms with E-state index < -0.39 is 30.7 Å². The van der Waals surface area contributed by atoms with Crippen LogP contribution in [-0.4, -0.2) is 36.5 Å². The van der Waals surface area contributed by atoms with Gasteiger partial charge >= 0.3 is 10.5 Å². The Labute approximate surface area is 356 Å². The first-order valence-electron chi connectivity index (χ1n) is 18.4. The lowest BCUT2D eigenvalue weighted by Crippen LogP contribution is -2.51. The van der Waals surface area contributed by atoms with E-state index in [1.165, 1.54) is 40.5 Å². The van der Waals surface area contributed by atoms with Crippen molar-refractivity contribution < 1.29 is 43.5 Å². The normalized spacial score (nSPS) is 12.6. The van der Waals surface area contributed by atoms with Gasteiger partial charge in [-0.05, 0) is 94.8 Å². The molecule has 318 valence electrons. The van der Waals surface area contributed by atoms with Crippen molar-refractivity contribution in [1.29, 1.82) is 0 Å². The van der Waals surface area contributed by atoms with Crippen LogP contribution in [0, 0.1) is 0 Å². The highest BCUT2D eigenvalue weighted by Gasteiger charge is 2.66. The zero-order valence-electron chi connectivity index (χ0n) is 33.8. The molecule has 0 aliphatic heterocycles. The van der Waals surface area contributed by atoms with Gasteiger partial charge in [0.1, 0.15) is 0 Å². The van der Waals surface area contributed by atoms with Crippen molar-refractivity contribution in [3.8, 4) is 0 Å². The summed E-state index contributed by atoms with van der Waals surface area (Å²) in [5, 5.41) is -13.0. The highest BCUT2D eigenvalue weighted by molar-refractivity contribution is 7.97. The Morgan fingerprint density at radius 1 is 0.350 bits per heavy atom. The highest BCUT2D eigenvalue weighted by Crippen LogP contribution is 2.41. The fraction of sp³-hybridized carbons (Fsp3) is 0.217. The molecule has 0 N–H and O–H groups in total. The summed E-state index contributed by atoms with van der Waals surface area (Å²) in [6, 6.07) is 61.5. The molecule has 0 aliphatic rings. The van der Waals surface area contributed by atoms with Gasteiger partial charge in [0, 0.05) is 0 Å². The van der Waals surface area contributed by atoms with E-state index in [0.29, 0.717) is 0 Å². The van der Waals surface area contributed by atoms with Gasteiger partial charge in [0.2, 0.25) is 0 Å². The molecule has 0 atom stereocenters. The molecule has 14 heteroatoms. The largest absolute Gasteiger partial charge is 0.743 e. The van der Waals surface area contributed by atoms with Crippen LogP contribution >= 0.6 is 0 Å². The van der Waals surface area contributed by atoms with Gasteiger partial charge in [-0.25, -0.2) is 16.8 Å². The maximum absolute atomic E-state index is 12.0. The van der Waals surface area contributed by atoms with E-state index in [4.69, 9.17) is 0 Å². The minimum absolute atomic E-state index is 0.0497. The predicted molar refractivity (Wildman–Crippen MR) is 230 cm³/mol. The summed E-state index contributed by atoms with van der Waals surface area (Å²) >= 11 is 0. The van der Waals surface area contributed by atoms with Crippen molar-refractivity contribution in [3.63, 3.8) is 0 Å². The van der Waals surface area contributed by atoms with Gasteiger partial charge in [-0.3, -0.25) is 0 Å². The molecule has 60 heavy (non-hydrogen) atoms. The first kappa shape index (κ1) is 48.2. The smallest absolute Gasteiger partial charge is 0.409 e. The summed E-state index contributed by atoms with van der Waals surface area (Å²) in [6.07, 6.45) is 0. The summed E-state index contributed by atoms with van der Waals surface area (Å²) in [6.45, 7) is 13.6. The van der Waals surface area contributed by atoms with Crippen molar-refractivity contribution >= 4 is 42.0 Å². The number of hydrogen-bond acceptors (Lipinski definition) is 6. The van der Waals surface area contributed by atoms with Gasteiger partial charge in [0.05, 0.1) is 21.8 Å². The SMILES string of the molecule is CC(C)(C)c1ccc([S+](c2ccccc2)c2ccccc2)cc1.CC(C)(C)c1ccc([S+](c2ccccc2)c2ccccc2)cc1.O=S(=O)([O-])C(F)(F)C(F)(F)S(=O)(=O)[O-]. The lowest BCUT2D eigenvalue weighted by atomic mass is 9.87. The molecule has 0 aromatic heterocycles. The first-order valence-corrected chi connectivity index (χ1v) is 23.7. The third-order valence-electron chi connectivity index (χ3n) is 8.79. The number of rotatable bonds is 9. The molecule has 0 radical (unpaired) electrons. The van der Waals surface area contributed by atoms with E-state index in [1.807, 2.05) is 0 Å². The summed E-state index contributed by atoms with van der Waals surface area (Å²) in [4.78, 5) is 8.19. The van der Waals surface area contributed by atoms with Crippen LogP contribution in [0.4, 0.5) is 17.6 Å². The second kappa shape index (κ2) is 19.5. The standard InChI is InChI=1S/2C22H23S.C2H2F4O6S2/c2*1-22(2,3)18-14-16-21(17-15-18)23(19-10-6-4-7-11-19)20-12-8-5-9-13-20;3-1(4,13(7,8)9)2(5,6)14(10,11)12/h2*4-17H,1-3H3;(H,7,8,9)(H,10,11,12)/q2*+1;/p-2. The number of hydrogen-bond donors (Lipinski definition) is 0. The van der Waals surface area contributed by atoms with Gasteiger partial charge in [-0.1, -0.05) is 139 Å². The Morgan fingerprint density at radius 3 is 0.700 bits per heavy atom. The predicted octanol–water partition coefficient (Wildman–Crippen LogP) is 11.4. The molecule has 0 amide bonds. The first-order chi connectivity index (χ1) is 27.9. The third-order valence-corrected chi connectivity index (χ3v) is 15.2. The molecule has 6 rings (SSSR count). The average molecular weight is 899 g/mol. The van der Waals surface area contributed by atoms with Gasteiger partial charge in [0.15, 0.2) is 49.6 Å². The Bertz CT molecular complexity index is 2220. The summed E-state index contributed by atoms with van der Waals surface area (Å²) in [7, 11) is -14.0. The third kappa shape index (κ3) is 12.1. The fourth-order valence-corrected chi connectivity index (χ4v) is 10.9. The maximum atomic E-state index is 12.0. The summed E-state index contributed by atoms with van der Waals surface area (Å²) in [5.41, 5.74) is 3.14. The molecule has 0 spiro atoms. The second-order valence-corrected chi connectivity index (χ2v) is 22.3.